The summed E-state index contributed by atoms with van der Waals surface area (Å²) in [5, 5.41) is 10.8. The lowest BCUT2D eigenvalue weighted by molar-refractivity contribution is 0.0932. The van der Waals surface area contributed by atoms with Crippen LogP contribution in [0.1, 0.15) is 27.7 Å². The van der Waals surface area contributed by atoms with Crippen LogP contribution in [0.2, 0.25) is 0 Å². The summed E-state index contributed by atoms with van der Waals surface area (Å²) in [6.45, 7) is 0. The van der Waals surface area contributed by atoms with Gasteiger partial charge in [0.2, 0.25) is 0 Å². The molecule has 0 saturated heterocycles. The maximum Gasteiger partial charge on any atom is 0.273 e. The Morgan fingerprint density at radius 2 is 1.62 bits per heavy atom. The SMILES string of the molecule is O=C(N[C@@H](Cc1ccccc1)c1ccccc1)c1nn(-c2ccccn2)c2nccc(-c3cccs3)c12. The number of benzene rings is 2. The molecule has 2 aromatic carbocycles. The van der Waals surface area contributed by atoms with Crippen LogP contribution in [0, 0.1) is 0 Å². The largest absolute Gasteiger partial charge is 0.343 e. The molecule has 0 fully saturated rings. The first-order valence-electron chi connectivity index (χ1n) is 12.0. The summed E-state index contributed by atoms with van der Waals surface area (Å²) in [5.74, 6) is 0.349. The van der Waals surface area contributed by atoms with Crippen molar-refractivity contribution in [3.05, 3.63) is 132 Å². The third-order valence-electron chi connectivity index (χ3n) is 6.23. The van der Waals surface area contributed by atoms with Crippen molar-refractivity contribution in [1.82, 2.24) is 25.1 Å². The van der Waals surface area contributed by atoms with E-state index in [1.807, 2.05) is 90.3 Å². The Bertz CT molecular complexity index is 1630. The zero-order valence-corrected chi connectivity index (χ0v) is 20.7. The number of fused-ring (bicyclic) bond motifs is 1. The molecule has 4 aromatic heterocycles. The van der Waals surface area contributed by atoms with Gasteiger partial charge >= 0.3 is 0 Å². The Kier molecular flexibility index (Phi) is 6.27. The van der Waals surface area contributed by atoms with Crippen molar-refractivity contribution in [2.45, 2.75) is 12.5 Å². The van der Waals surface area contributed by atoms with E-state index >= 15 is 0 Å². The van der Waals surface area contributed by atoms with Crippen LogP contribution >= 0.6 is 11.3 Å². The van der Waals surface area contributed by atoms with Gasteiger partial charge in [-0.15, -0.1) is 11.3 Å². The second kappa shape index (κ2) is 10.2. The van der Waals surface area contributed by atoms with Gasteiger partial charge in [0.1, 0.15) is 0 Å². The predicted octanol–water partition coefficient (Wildman–Crippen LogP) is 6.26. The highest BCUT2D eigenvalue weighted by Crippen LogP contribution is 2.34. The Morgan fingerprint density at radius 1 is 0.838 bits per heavy atom. The minimum Gasteiger partial charge on any atom is -0.343 e. The molecule has 0 bridgehead atoms. The molecule has 6 nitrogen and oxygen atoms in total. The standard InChI is InChI=1S/C30H23N5OS/c36-30(33-24(22-12-5-2-6-13-22)20-21-10-3-1-4-11-21)28-27-23(25-14-9-19-37-25)16-18-32-29(27)35(34-28)26-15-7-8-17-31-26/h1-19,24H,20H2,(H,33,36)/t24-/m0/s1. The smallest absolute Gasteiger partial charge is 0.273 e. The van der Waals surface area contributed by atoms with Gasteiger partial charge in [0, 0.05) is 22.8 Å². The van der Waals surface area contributed by atoms with E-state index in [0.29, 0.717) is 29.0 Å². The fourth-order valence-corrected chi connectivity index (χ4v) is 5.25. The monoisotopic (exact) mass is 501 g/mol. The van der Waals surface area contributed by atoms with E-state index in [1.54, 1.807) is 28.4 Å². The van der Waals surface area contributed by atoms with E-state index in [0.717, 1.165) is 21.6 Å². The summed E-state index contributed by atoms with van der Waals surface area (Å²) in [7, 11) is 0. The highest BCUT2D eigenvalue weighted by Gasteiger charge is 2.25. The number of nitrogens with zero attached hydrogens (tertiary/aromatic N) is 4. The summed E-state index contributed by atoms with van der Waals surface area (Å²) in [5.41, 5.74) is 4.01. The van der Waals surface area contributed by atoms with Crippen LogP contribution in [0.3, 0.4) is 0 Å². The second-order valence-corrected chi connectivity index (χ2v) is 9.56. The fourth-order valence-electron chi connectivity index (χ4n) is 4.49. The molecule has 37 heavy (non-hydrogen) atoms. The van der Waals surface area contributed by atoms with Crippen molar-refractivity contribution in [3.8, 4) is 16.3 Å². The molecule has 6 aromatic rings. The predicted molar refractivity (Wildman–Crippen MR) is 147 cm³/mol. The van der Waals surface area contributed by atoms with Crippen molar-refractivity contribution in [2.24, 2.45) is 0 Å². The van der Waals surface area contributed by atoms with Crippen LogP contribution in [0.4, 0.5) is 0 Å². The minimum atomic E-state index is -0.254. The first kappa shape index (κ1) is 22.8. The van der Waals surface area contributed by atoms with Gasteiger partial charge in [-0.2, -0.15) is 9.78 Å². The van der Waals surface area contributed by atoms with E-state index in [1.165, 1.54) is 0 Å². The van der Waals surface area contributed by atoms with E-state index in [4.69, 9.17) is 5.10 Å². The molecule has 0 aliphatic rings. The molecule has 0 saturated carbocycles. The molecule has 6 rings (SSSR count). The highest BCUT2D eigenvalue weighted by molar-refractivity contribution is 7.13. The van der Waals surface area contributed by atoms with E-state index in [2.05, 4.69) is 27.4 Å². The summed E-state index contributed by atoms with van der Waals surface area (Å²) in [4.78, 5) is 24.1. The van der Waals surface area contributed by atoms with Crippen LogP contribution in [0.25, 0.3) is 27.3 Å². The summed E-state index contributed by atoms with van der Waals surface area (Å²) >= 11 is 1.62. The van der Waals surface area contributed by atoms with Gasteiger partial charge in [0.05, 0.1) is 11.4 Å². The minimum absolute atomic E-state index is 0.229. The van der Waals surface area contributed by atoms with Crippen molar-refractivity contribution in [1.29, 1.82) is 0 Å². The molecule has 0 unspecified atom stereocenters. The first-order valence-corrected chi connectivity index (χ1v) is 12.9. The number of rotatable bonds is 7. The lowest BCUT2D eigenvalue weighted by atomic mass is 9.98. The molecule has 180 valence electrons. The average Bonchev–Trinajstić information content (AvgIpc) is 3.63. The number of hydrogen-bond acceptors (Lipinski definition) is 5. The van der Waals surface area contributed by atoms with Crippen LogP contribution < -0.4 is 5.32 Å². The Morgan fingerprint density at radius 3 is 2.35 bits per heavy atom. The van der Waals surface area contributed by atoms with Crippen LogP contribution in [-0.4, -0.2) is 25.7 Å². The molecular formula is C30H23N5OS. The number of carbonyl (C=O) groups is 1. The van der Waals surface area contributed by atoms with Gasteiger partial charge in [0.25, 0.3) is 5.91 Å². The van der Waals surface area contributed by atoms with Gasteiger partial charge in [-0.25, -0.2) is 9.97 Å². The number of nitrogens with one attached hydrogen (secondary N) is 1. The van der Waals surface area contributed by atoms with Gasteiger partial charge in [-0.1, -0.05) is 72.8 Å². The third kappa shape index (κ3) is 4.64. The Hall–Kier alpha value is -4.62. The molecule has 7 heteroatoms. The summed E-state index contributed by atoms with van der Waals surface area (Å²) in [6.07, 6.45) is 4.12. The van der Waals surface area contributed by atoms with Gasteiger partial charge in [-0.3, -0.25) is 4.79 Å². The zero-order chi connectivity index (χ0) is 25.0. The molecule has 1 amide bonds. The van der Waals surface area contributed by atoms with Gasteiger partial charge < -0.3 is 5.32 Å². The van der Waals surface area contributed by atoms with Crippen molar-refractivity contribution in [2.75, 3.05) is 0 Å². The van der Waals surface area contributed by atoms with Gasteiger partial charge in [-0.05, 0) is 47.2 Å². The van der Waals surface area contributed by atoms with Crippen molar-refractivity contribution in [3.63, 3.8) is 0 Å². The maximum absolute atomic E-state index is 14.0. The van der Waals surface area contributed by atoms with Crippen molar-refractivity contribution >= 4 is 28.3 Å². The van der Waals surface area contributed by atoms with E-state index < -0.39 is 0 Å². The number of aromatic nitrogens is 4. The molecule has 1 atom stereocenters. The van der Waals surface area contributed by atoms with Crippen molar-refractivity contribution < 1.29 is 4.79 Å². The number of pyridine rings is 2. The quantitative estimate of drug-likeness (QED) is 0.280. The lowest BCUT2D eigenvalue weighted by Gasteiger charge is -2.19. The normalized spacial score (nSPS) is 11.9. The van der Waals surface area contributed by atoms with Crippen LogP contribution in [0.15, 0.2) is 115 Å². The maximum atomic E-state index is 14.0. The third-order valence-corrected chi connectivity index (χ3v) is 7.13. The van der Waals surface area contributed by atoms with E-state index in [9.17, 15) is 4.79 Å². The van der Waals surface area contributed by atoms with Gasteiger partial charge in [0.15, 0.2) is 17.2 Å². The average molecular weight is 502 g/mol. The molecule has 4 heterocycles. The van der Waals surface area contributed by atoms with Crippen LogP contribution in [-0.2, 0) is 6.42 Å². The van der Waals surface area contributed by atoms with E-state index in [-0.39, 0.29) is 11.9 Å². The Balaban J connectivity index is 1.46. The molecular weight excluding hydrogens is 478 g/mol. The molecule has 0 aliphatic carbocycles. The molecule has 0 radical (unpaired) electrons. The zero-order valence-electron chi connectivity index (χ0n) is 19.9. The number of hydrogen-bond donors (Lipinski definition) is 1. The number of amides is 1. The first-order chi connectivity index (χ1) is 18.3. The molecule has 0 aliphatic heterocycles. The topological polar surface area (TPSA) is 72.7 Å². The summed E-state index contributed by atoms with van der Waals surface area (Å²) in [6, 6.07) is 31.6. The Labute approximate surface area is 218 Å². The highest BCUT2D eigenvalue weighted by atomic mass is 32.1. The summed E-state index contributed by atoms with van der Waals surface area (Å²) < 4.78 is 1.65. The van der Waals surface area contributed by atoms with Crippen LogP contribution in [0.5, 0.6) is 0 Å². The molecule has 1 N–H and O–H groups in total. The number of thiophene rings is 1. The second-order valence-electron chi connectivity index (χ2n) is 8.61. The lowest BCUT2D eigenvalue weighted by Crippen LogP contribution is -2.30. The number of carbonyl (C=O) groups excluding carboxylic acids is 1. The fraction of sp³-hybridized carbons (Fsp3) is 0.0667. The molecule has 0 spiro atoms.